The van der Waals surface area contributed by atoms with Crippen molar-refractivity contribution in [3.63, 3.8) is 0 Å². The van der Waals surface area contributed by atoms with Gasteiger partial charge in [0, 0.05) is 41.5 Å². The van der Waals surface area contributed by atoms with E-state index in [0.29, 0.717) is 16.6 Å². The Balaban J connectivity index is 1.37. The zero-order chi connectivity index (χ0) is 23.7. The van der Waals surface area contributed by atoms with Gasteiger partial charge in [-0.05, 0) is 72.7 Å². The smallest absolute Gasteiger partial charge is 0.276 e. The molecule has 2 heterocycles. The standard InChI is InChI=1S/C27H27N5O2/c28-31-18-25(23-6-2-3-7-24(23)27(31)34)19-8-14-22(15-9-19)32(29)26(33)20-10-12-21(13-11-20)30-16-4-1-5-17-30/h2-3,6-15,18H,1,4-5,16-17,28-29H2. The zero-order valence-corrected chi connectivity index (χ0v) is 18.9. The molecule has 1 aliphatic rings. The van der Waals surface area contributed by atoms with Gasteiger partial charge in [-0.25, -0.2) is 15.5 Å². The highest BCUT2D eigenvalue weighted by Gasteiger charge is 2.17. The fourth-order valence-corrected chi connectivity index (χ4v) is 4.57. The number of anilines is 2. The van der Waals surface area contributed by atoms with Crippen LogP contribution in [-0.4, -0.2) is 23.7 Å². The molecule has 0 radical (unpaired) electrons. The molecule has 0 bridgehead atoms. The SMILES string of the molecule is NN(C(=O)c1ccc(N2CCCCC2)cc1)c1ccc(-c2cn(N)c(=O)c3ccccc23)cc1. The lowest BCUT2D eigenvalue weighted by Crippen LogP contribution is -2.37. The second-order valence-electron chi connectivity index (χ2n) is 8.62. The molecule has 1 aromatic heterocycles. The summed E-state index contributed by atoms with van der Waals surface area (Å²) in [7, 11) is 0. The topological polar surface area (TPSA) is 97.6 Å². The normalized spacial score (nSPS) is 13.7. The van der Waals surface area contributed by atoms with Crippen LogP contribution in [0.1, 0.15) is 29.6 Å². The third kappa shape index (κ3) is 4.02. The first kappa shape index (κ1) is 21.7. The molecular weight excluding hydrogens is 426 g/mol. The van der Waals surface area contributed by atoms with Crippen LogP contribution in [0.5, 0.6) is 0 Å². The fourth-order valence-electron chi connectivity index (χ4n) is 4.57. The van der Waals surface area contributed by atoms with Gasteiger partial charge in [0.1, 0.15) is 0 Å². The minimum Gasteiger partial charge on any atom is -0.372 e. The maximum absolute atomic E-state index is 13.0. The molecule has 172 valence electrons. The zero-order valence-electron chi connectivity index (χ0n) is 18.9. The Labute approximate surface area is 197 Å². The number of piperidine rings is 1. The van der Waals surface area contributed by atoms with Crippen molar-refractivity contribution >= 4 is 28.1 Å². The number of carbonyl (C=O) groups excluding carboxylic acids is 1. The molecule has 3 aromatic carbocycles. The van der Waals surface area contributed by atoms with Crippen molar-refractivity contribution in [2.45, 2.75) is 19.3 Å². The molecule has 0 spiro atoms. The van der Waals surface area contributed by atoms with E-state index in [9.17, 15) is 9.59 Å². The second-order valence-corrected chi connectivity index (χ2v) is 8.62. The van der Waals surface area contributed by atoms with Crippen LogP contribution in [0.15, 0.2) is 83.8 Å². The lowest BCUT2D eigenvalue weighted by Gasteiger charge is -2.29. The van der Waals surface area contributed by atoms with Gasteiger partial charge in [-0.3, -0.25) is 9.59 Å². The summed E-state index contributed by atoms with van der Waals surface area (Å²) in [4.78, 5) is 27.7. The predicted octanol–water partition coefficient (Wildman–Crippen LogP) is 3.89. The summed E-state index contributed by atoms with van der Waals surface area (Å²) in [6, 6.07) is 22.3. The monoisotopic (exact) mass is 453 g/mol. The summed E-state index contributed by atoms with van der Waals surface area (Å²) in [5.74, 6) is 11.8. The Hall–Kier alpha value is -4.10. The summed E-state index contributed by atoms with van der Waals surface area (Å²) in [6.07, 6.45) is 5.31. The number of hydrazine groups is 1. The van der Waals surface area contributed by atoms with Gasteiger partial charge in [-0.2, -0.15) is 0 Å². The van der Waals surface area contributed by atoms with Crippen LogP contribution >= 0.6 is 0 Å². The number of rotatable bonds is 4. The number of nitrogen functional groups attached to an aromatic ring is 1. The van der Waals surface area contributed by atoms with Crippen LogP contribution < -0.4 is 27.2 Å². The number of fused-ring (bicyclic) bond motifs is 1. The second kappa shape index (κ2) is 9.03. The van der Waals surface area contributed by atoms with E-state index in [1.165, 1.54) is 19.3 Å². The molecule has 0 unspecified atom stereocenters. The van der Waals surface area contributed by atoms with Gasteiger partial charge >= 0.3 is 0 Å². The van der Waals surface area contributed by atoms with Gasteiger partial charge in [0.2, 0.25) is 0 Å². The van der Waals surface area contributed by atoms with Crippen molar-refractivity contribution in [2.75, 3.05) is 28.8 Å². The molecule has 34 heavy (non-hydrogen) atoms. The minimum absolute atomic E-state index is 0.249. The van der Waals surface area contributed by atoms with Crippen molar-refractivity contribution < 1.29 is 4.79 Å². The number of hydrogen-bond donors (Lipinski definition) is 2. The lowest BCUT2D eigenvalue weighted by molar-refractivity contribution is 0.0987. The van der Waals surface area contributed by atoms with Gasteiger partial charge in [0.15, 0.2) is 0 Å². The number of benzene rings is 3. The average Bonchev–Trinajstić information content (AvgIpc) is 2.90. The molecule has 1 saturated heterocycles. The Kier molecular flexibility index (Phi) is 5.77. The molecule has 0 aliphatic carbocycles. The third-order valence-electron chi connectivity index (χ3n) is 6.46. The number of aromatic nitrogens is 1. The molecule has 7 heteroatoms. The van der Waals surface area contributed by atoms with E-state index in [1.54, 1.807) is 24.4 Å². The van der Waals surface area contributed by atoms with E-state index in [0.717, 1.165) is 45.0 Å². The first-order valence-electron chi connectivity index (χ1n) is 11.5. The maximum atomic E-state index is 13.0. The van der Waals surface area contributed by atoms with Crippen molar-refractivity contribution in [2.24, 2.45) is 5.84 Å². The molecule has 4 N–H and O–H groups in total. The van der Waals surface area contributed by atoms with Crippen LogP contribution in [0.2, 0.25) is 0 Å². The number of hydrogen-bond acceptors (Lipinski definition) is 5. The number of nitrogens with two attached hydrogens (primary N) is 2. The number of carbonyl (C=O) groups is 1. The van der Waals surface area contributed by atoms with Gasteiger partial charge in [0.05, 0.1) is 5.69 Å². The lowest BCUT2D eigenvalue weighted by atomic mass is 10.0. The van der Waals surface area contributed by atoms with Crippen molar-refractivity contribution in [3.05, 3.63) is 94.9 Å². The average molecular weight is 454 g/mol. The molecule has 7 nitrogen and oxygen atoms in total. The summed E-state index contributed by atoms with van der Waals surface area (Å²) >= 11 is 0. The van der Waals surface area contributed by atoms with Gasteiger partial charge in [-0.15, -0.1) is 0 Å². The van der Waals surface area contributed by atoms with E-state index >= 15 is 0 Å². The number of pyridine rings is 1. The van der Waals surface area contributed by atoms with E-state index in [-0.39, 0.29) is 11.5 Å². The largest absolute Gasteiger partial charge is 0.372 e. The Morgan fingerprint density at radius 3 is 2.15 bits per heavy atom. The summed E-state index contributed by atoms with van der Waals surface area (Å²) < 4.78 is 1.10. The van der Waals surface area contributed by atoms with E-state index < -0.39 is 0 Å². The molecule has 0 atom stereocenters. The van der Waals surface area contributed by atoms with Crippen LogP contribution in [0.25, 0.3) is 21.9 Å². The molecule has 1 fully saturated rings. The van der Waals surface area contributed by atoms with Crippen molar-refractivity contribution in [1.82, 2.24) is 4.68 Å². The Morgan fingerprint density at radius 1 is 0.824 bits per heavy atom. The van der Waals surface area contributed by atoms with E-state index in [4.69, 9.17) is 11.7 Å². The Morgan fingerprint density at radius 2 is 1.47 bits per heavy atom. The highest BCUT2D eigenvalue weighted by atomic mass is 16.2. The van der Waals surface area contributed by atoms with Crippen LogP contribution in [0, 0.1) is 0 Å². The van der Waals surface area contributed by atoms with Crippen molar-refractivity contribution in [1.29, 1.82) is 0 Å². The van der Waals surface area contributed by atoms with Crippen LogP contribution in [0.4, 0.5) is 11.4 Å². The fraction of sp³-hybridized carbons (Fsp3) is 0.185. The highest BCUT2D eigenvalue weighted by molar-refractivity contribution is 6.05. The summed E-state index contributed by atoms with van der Waals surface area (Å²) in [6.45, 7) is 2.11. The van der Waals surface area contributed by atoms with Crippen LogP contribution in [0.3, 0.4) is 0 Å². The number of amides is 1. The van der Waals surface area contributed by atoms with E-state index in [2.05, 4.69) is 4.90 Å². The quantitative estimate of drug-likeness (QED) is 0.278. The third-order valence-corrected chi connectivity index (χ3v) is 6.46. The molecule has 4 aromatic rings. The maximum Gasteiger partial charge on any atom is 0.276 e. The predicted molar refractivity (Wildman–Crippen MR) is 137 cm³/mol. The Bertz CT molecular complexity index is 1390. The van der Waals surface area contributed by atoms with Gasteiger partial charge in [0.25, 0.3) is 11.5 Å². The summed E-state index contributed by atoms with van der Waals surface area (Å²) in [5.41, 5.74) is 3.68. The van der Waals surface area contributed by atoms with Crippen LogP contribution in [-0.2, 0) is 0 Å². The first-order valence-corrected chi connectivity index (χ1v) is 11.5. The highest BCUT2D eigenvalue weighted by Crippen LogP contribution is 2.28. The molecule has 1 amide bonds. The first-order chi connectivity index (χ1) is 16.5. The molecule has 1 aliphatic heterocycles. The summed E-state index contributed by atoms with van der Waals surface area (Å²) in [5, 5.41) is 2.52. The van der Waals surface area contributed by atoms with Gasteiger partial charge in [-0.1, -0.05) is 30.3 Å². The van der Waals surface area contributed by atoms with Crippen molar-refractivity contribution in [3.8, 4) is 11.1 Å². The molecule has 5 rings (SSSR count). The van der Waals surface area contributed by atoms with Gasteiger partial charge < -0.3 is 10.7 Å². The minimum atomic E-state index is -0.279. The molecule has 0 saturated carbocycles. The molecular formula is C27H27N5O2. The number of nitrogens with zero attached hydrogens (tertiary/aromatic N) is 3. The van der Waals surface area contributed by atoms with E-state index in [1.807, 2.05) is 54.6 Å².